The van der Waals surface area contributed by atoms with Crippen molar-refractivity contribution in [3.05, 3.63) is 0 Å². The van der Waals surface area contributed by atoms with Gasteiger partial charge in [-0.25, -0.2) is 0 Å². The molecule has 0 spiro atoms. The van der Waals surface area contributed by atoms with E-state index in [2.05, 4.69) is 46.9 Å². The smallest absolute Gasteiger partial charge is 0.00875 e. The van der Waals surface area contributed by atoms with Crippen LogP contribution in [0.1, 0.15) is 48.0 Å². The minimum absolute atomic E-state index is 0.696. The van der Waals surface area contributed by atoms with E-state index in [9.17, 15) is 0 Å². The SMILES string of the molecule is CCC(NCC(C)C(C)C)C(C)C. The second kappa shape index (κ2) is 6.42. The molecule has 0 aliphatic rings. The highest BCUT2D eigenvalue weighted by Crippen LogP contribution is 2.10. The van der Waals surface area contributed by atoms with E-state index in [1.54, 1.807) is 0 Å². The van der Waals surface area contributed by atoms with E-state index in [0.29, 0.717) is 6.04 Å². The Labute approximate surface area is 84.3 Å². The van der Waals surface area contributed by atoms with E-state index in [1.165, 1.54) is 6.42 Å². The van der Waals surface area contributed by atoms with Crippen molar-refractivity contribution in [1.29, 1.82) is 0 Å². The molecule has 0 bridgehead atoms. The Bertz CT molecular complexity index is 118. The molecule has 0 aromatic carbocycles. The van der Waals surface area contributed by atoms with Crippen LogP contribution >= 0.6 is 0 Å². The molecule has 1 heteroatoms. The number of hydrogen-bond donors (Lipinski definition) is 1. The molecule has 1 N–H and O–H groups in total. The summed E-state index contributed by atoms with van der Waals surface area (Å²) < 4.78 is 0. The monoisotopic (exact) mass is 185 g/mol. The van der Waals surface area contributed by atoms with Gasteiger partial charge in [0.15, 0.2) is 0 Å². The topological polar surface area (TPSA) is 12.0 Å². The quantitative estimate of drug-likeness (QED) is 0.669. The first-order valence-corrected chi connectivity index (χ1v) is 5.72. The molecule has 0 saturated heterocycles. The fourth-order valence-corrected chi connectivity index (χ4v) is 1.42. The highest BCUT2D eigenvalue weighted by molar-refractivity contribution is 4.70. The molecule has 2 unspecified atom stereocenters. The maximum absolute atomic E-state index is 3.65. The Balaban J connectivity index is 3.72. The molecule has 0 radical (unpaired) electrons. The van der Waals surface area contributed by atoms with Crippen LogP contribution in [0, 0.1) is 17.8 Å². The summed E-state index contributed by atoms with van der Waals surface area (Å²) in [5.41, 5.74) is 0. The third-order valence-electron chi connectivity index (χ3n) is 3.08. The van der Waals surface area contributed by atoms with Crippen LogP contribution in [0.15, 0.2) is 0 Å². The lowest BCUT2D eigenvalue weighted by molar-refractivity contribution is 0.325. The molecule has 1 nitrogen and oxygen atoms in total. The average molecular weight is 185 g/mol. The van der Waals surface area contributed by atoms with Crippen molar-refractivity contribution in [1.82, 2.24) is 5.32 Å². The summed E-state index contributed by atoms with van der Waals surface area (Å²) in [5, 5.41) is 3.65. The predicted octanol–water partition coefficient (Wildman–Crippen LogP) is 3.30. The van der Waals surface area contributed by atoms with Crippen molar-refractivity contribution in [3.8, 4) is 0 Å². The molecule has 0 amide bonds. The van der Waals surface area contributed by atoms with Gasteiger partial charge in [0.25, 0.3) is 0 Å². The Kier molecular flexibility index (Phi) is 6.40. The van der Waals surface area contributed by atoms with Crippen molar-refractivity contribution in [2.45, 2.75) is 54.0 Å². The van der Waals surface area contributed by atoms with E-state index in [4.69, 9.17) is 0 Å². The van der Waals surface area contributed by atoms with E-state index < -0.39 is 0 Å². The summed E-state index contributed by atoms with van der Waals surface area (Å²) in [5.74, 6) is 2.33. The van der Waals surface area contributed by atoms with Gasteiger partial charge in [-0.3, -0.25) is 0 Å². The van der Waals surface area contributed by atoms with Gasteiger partial charge in [-0.15, -0.1) is 0 Å². The van der Waals surface area contributed by atoms with Crippen LogP contribution in [0.2, 0.25) is 0 Å². The first kappa shape index (κ1) is 13.0. The minimum atomic E-state index is 0.696. The van der Waals surface area contributed by atoms with Crippen LogP contribution in [0.3, 0.4) is 0 Å². The molecular weight excluding hydrogens is 158 g/mol. The third kappa shape index (κ3) is 5.30. The summed E-state index contributed by atoms with van der Waals surface area (Å²) in [6, 6.07) is 0.696. The molecule has 0 aliphatic heterocycles. The number of hydrogen-bond acceptors (Lipinski definition) is 1. The van der Waals surface area contributed by atoms with Crippen LogP contribution in [0.25, 0.3) is 0 Å². The highest BCUT2D eigenvalue weighted by Gasteiger charge is 2.12. The summed E-state index contributed by atoms with van der Waals surface area (Å²) >= 11 is 0. The van der Waals surface area contributed by atoms with Gasteiger partial charge in [0, 0.05) is 6.04 Å². The molecule has 0 aromatic heterocycles. The van der Waals surface area contributed by atoms with Crippen LogP contribution in [-0.2, 0) is 0 Å². The Morgan fingerprint density at radius 2 is 1.46 bits per heavy atom. The molecule has 0 fully saturated rings. The lowest BCUT2D eigenvalue weighted by atomic mass is 9.96. The van der Waals surface area contributed by atoms with Gasteiger partial charge in [-0.2, -0.15) is 0 Å². The zero-order chi connectivity index (χ0) is 10.4. The van der Waals surface area contributed by atoms with Crippen LogP contribution in [-0.4, -0.2) is 12.6 Å². The van der Waals surface area contributed by atoms with Gasteiger partial charge >= 0.3 is 0 Å². The molecule has 0 aromatic rings. The zero-order valence-electron chi connectivity index (χ0n) is 10.2. The normalized spacial score (nSPS) is 16.6. The van der Waals surface area contributed by atoms with Gasteiger partial charge in [-0.1, -0.05) is 41.5 Å². The largest absolute Gasteiger partial charge is 0.313 e. The molecule has 0 rings (SSSR count). The van der Waals surface area contributed by atoms with Gasteiger partial charge < -0.3 is 5.32 Å². The first-order valence-electron chi connectivity index (χ1n) is 5.72. The van der Waals surface area contributed by atoms with Gasteiger partial charge in [-0.05, 0) is 30.7 Å². The number of rotatable bonds is 6. The van der Waals surface area contributed by atoms with Crippen molar-refractivity contribution in [3.63, 3.8) is 0 Å². The summed E-state index contributed by atoms with van der Waals surface area (Å²) in [6.45, 7) is 14.9. The zero-order valence-corrected chi connectivity index (χ0v) is 10.2. The fourth-order valence-electron chi connectivity index (χ4n) is 1.42. The Hall–Kier alpha value is -0.0400. The van der Waals surface area contributed by atoms with Crippen LogP contribution in [0.4, 0.5) is 0 Å². The molecule has 0 saturated carbocycles. The fraction of sp³-hybridized carbons (Fsp3) is 1.00. The summed E-state index contributed by atoms with van der Waals surface area (Å²) in [7, 11) is 0. The summed E-state index contributed by atoms with van der Waals surface area (Å²) in [6.07, 6.45) is 1.24. The standard InChI is InChI=1S/C12H27N/c1-7-12(10(4)5)13-8-11(6)9(2)3/h9-13H,7-8H2,1-6H3. The Morgan fingerprint density at radius 1 is 0.923 bits per heavy atom. The molecule has 0 heterocycles. The molecule has 0 aliphatic carbocycles. The molecule has 2 atom stereocenters. The lowest BCUT2D eigenvalue weighted by Crippen LogP contribution is -2.37. The second-order valence-electron chi connectivity index (χ2n) is 4.89. The lowest BCUT2D eigenvalue weighted by Gasteiger charge is -2.24. The van der Waals surface area contributed by atoms with E-state index >= 15 is 0 Å². The summed E-state index contributed by atoms with van der Waals surface area (Å²) in [4.78, 5) is 0. The molecule has 80 valence electrons. The van der Waals surface area contributed by atoms with E-state index in [-0.39, 0.29) is 0 Å². The van der Waals surface area contributed by atoms with Gasteiger partial charge in [0.05, 0.1) is 0 Å². The van der Waals surface area contributed by atoms with Crippen molar-refractivity contribution < 1.29 is 0 Å². The van der Waals surface area contributed by atoms with Crippen molar-refractivity contribution >= 4 is 0 Å². The van der Waals surface area contributed by atoms with Crippen LogP contribution < -0.4 is 5.32 Å². The van der Waals surface area contributed by atoms with Crippen LogP contribution in [0.5, 0.6) is 0 Å². The van der Waals surface area contributed by atoms with E-state index in [1.807, 2.05) is 0 Å². The average Bonchev–Trinajstić information content (AvgIpc) is 2.04. The highest BCUT2D eigenvalue weighted by atomic mass is 14.9. The maximum atomic E-state index is 3.65. The number of nitrogens with one attached hydrogen (secondary N) is 1. The van der Waals surface area contributed by atoms with Gasteiger partial charge in [0.1, 0.15) is 0 Å². The third-order valence-corrected chi connectivity index (χ3v) is 3.08. The van der Waals surface area contributed by atoms with Gasteiger partial charge in [0.2, 0.25) is 0 Å². The Morgan fingerprint density at radius 3 is 1.77 bits per heavy atom. The molecule has 13 heavy (non-hydrogen) atoms. The van der Waals surface area contributed by atoms with E-state index in [0.717, 1.165) is 24.3 Å². The minimum Gasteiger partial charge on any atom is -0.313 e. The molecular formula is C12H27N. The predicted molar refractivity (Wildman–Crippen MR) is 60.9 cm³/mol. The second-order valence-corrected chi connectivity index (χ2v) is 4.89. The van der Waals surface area contributed by atoms with Crippen molar-refractivity contribution in [2.24, 2.45) is 17.8 Å². The van der Waals surface area contributed by atoms with Crippen molar-refractivity contribution in [2.75, 3.05) is 6.54 Å². The maximum Gasteiger partial charge on any atom is 0.00875 e. The first-order chi connectivity index (χ1) is 5.99.